The molecule has 0 radical (unpaired) electrons. The van der Waals surface area contributed by atoms with Crippen LogP contribution in [0.1, 0.15) is 15.9 Å². The number of nitriles is 1. The van der Waals surface area contributed by atoms with Crippen molar-refractivity contribution in [2.45, 2.75) is 0 Å². The molecule has 0 amide bonds. The van der Waals surface area contributed by atoms with E-state index in [0.717, 1.165) is 0 Å². The molecule has 3 nitrogen and oxygen atoms in total. The van der Waals surface area contributed by atoms with Gasteiger partial charge in [-0.1, -0.05) is 0 Å². The molecule has 0 aromatic carbocycles. The maximum Gasteiger partial charge on any atom is 0.152 e. The van der Waals surface area contributed by atoms with Crippen molar-refractivity contribution in [2.24, 2.45) is 0 Å². The van der Waals surface area contributed by atoms with E-state index >= 15 is 0 Å². The summed E-state index contributed by atoms with van der Waals surface area (Å²) in [5, 5.41) is 8.59. The summed E-state index contributed by atoms with van der Waals surface area (Å²) in [4.78, 5) is 14.1. The van der Waals surface area contributed by atoms with Crippen LogP contribution >= 0.6 is 22.6 Å². The van der Waals surface area contributed by atoms with Gasteiger partial charge in [-0.15, -0.1) is 0 Å². The van der Waals surface area contributed by atoms with E-state index in [2.05, 4.69) is 4.98 Å². The van der Waals surface area contributed by atoms with E-state index in [0.29, 0.717) is 21.0 Å². The van der Waals surface area contributed by atoms with Crippen molar-refractivity contribution >= 4 is 28.9 Å². The number of carbonyl (C=O) groups is 1. The van der Waals surface area contributed by atoms with E-state index in [9.17, 15) is 4.79 Å². The van der Waals surface area contributed by atoms with Crippen molar-refractivity contribution in [1.82, 2.24) is 4.98 Å². The van der Waals surface area contributed by atoms with E-state index in [4.69, 9.17) is 5.26 Å². The first-order chi connectivity index (χ1) is 5.29. The molecule has 0 aliphatic heterocycles. The first-order valence-electron chi connectivity index (χ1n) is 2.78. The SMILES string of the molecule is N#Cc1c(I)cncc1C=O. The molecule has 0 atom stereocenters. The quantitative estimate of drug-likeness (QED) is 0.564. The largest absolute Gasteiger partial charge is 0.298 e. The summed E-state index contributed by atoms with van der Waals surface area (Å²) in [5.41, 5.74) is 0.745. The fraction of sp³-hybridized carbons (Fsp3) is 0. The lowest BCUT2D eigenvalue weighted by Crippen LogP contribution is -1.92. The number of halogens is 1. The first kappa shape index (κ1) is 8.14. The Hall–Kier alpha value is -0.960. The second-order valence-corrected chi connectivity index (χ2v) is 2.98. The zero-order chi connectivity index (χ0) is 8.27. The van der Waals surface area contributed by atoms with Crippen molar-refractivity contribution in [3.05, 3.63) is 27.1 Å². The average Bonchev–Trinajstić information content (AvgIpc) is 2.04. The number of aromatic nitrogens is 1. The number of hydrogen-bond donors (Lipinski definition) is 0. The highest BCUT2D eigenvalue weighted by Crippen LogP contribution is 2.11. The van der Waals surface area contributed by atoms with E-state index in [-0.39, 0.29) is 0 Å². The summed E-state index contributed by atoms with van der Waals surface area (Å²) in [6, 6.07) is 1.94. The minimum atomic E-state index is 0.347. The van der Waals surface area contributed by atoms with E-state index in [1.54, 1.807) is 6.20 Å². The molecule has 0 saturated carbocycles. The summed E-state index contributed by atoms with van der Waals surface area (Å²) in [6.45, 7) is 0. The highest BCUT2D eigenvalue weighted by Gasteiger charge is 2.04. The number of aldehydes is 1. The Morgan fingerprint density at radius 1 is 1.64 bits per heavy atom. The third-order valence-corrected chi connectivity index (χ3v) is 1.99. The lowest BCUT2D eigenvalue weighted by Gasteiger charge is -1.94. The van der Waals surface area contributed by atoms with E-state index in [1.165, 1.54) is 6.20 Å². The van der Waals surface area contributed by atoms with Crippen LogP contribution in [-0.2, 0) is 0 Å². The molecule has 11 heavy (non-hydrogen) atoms. The molecule has 1 rings (SSSR count). The van der Waals surface area contributed by atoms with Crippen LogP contribution in [-0.4, -0.2) is 11.3 Å². The molecule has 0 bridgehead atoms. The molecule has 0 unspecified atom stereocenters. The normalized spacial score (nSPS) is 8.73. The Balaban J connectivity index is 3.38. The lowest BCUT2D eigenvalue weighted by atomic mass is 10.2. The fourth-order valence-electron chi connectivity index (χ4n) is 0.657. The van der Waals surface area contributed by atoms with Crippen LogP contribution in [0.3, 0.4) is 0 Å². The Bertz CT molecular complexity index is 330. The predicted octanol–water partition coefficient (Wildman–Crippen LogP) is 1.37. The monoisotopic (exact) mass is 258 g/mol. The van der Waals surface area contributed by atoms with Crippen molar-refractivity contribution in [3.8, 4) is 6.07 Å². The predicted molar refractivity (Wildman–Crippen MR) is 47.1 cm³/mol. The van der Waals surface area contributed by atoms with Crippen LogP contribution in [0, 0.1) is 14.9 Å². The van der Waals surface area contributed by atoms with Crippen molar-refractivity contribution in [2.75, 3.05) is 0 Å². The van der Waals surface area contributed by atoms with Gasteiger partial charge < -0.3 is 0 Å². The summed E-state index contributed by atoms with van der Waals surface area (Å²) in [7, 11) is 0. The lowest BCUT2D eigenvalue weighted by molar-refractivity contribution is 0.112. The van der Waals surface area contributed by atoms with Crippen molar-refractivity contribution in [1.29, 1.82) is 5.26 Å². The molecule has 0 N–H and O–H groups in total. The Morgan fingerprint density at radius 2 is 2.36 bits per heavy atom. The zero-order valence-corrected chi connectivity index (χ0v) is 7.57. The van der Waals surface area contributed by atoms with Crippen LogP contribution in [0.15, 0.2) is 12.4 Å². The van der Waals surface area contributed by atoms with Gasteiger partial charge in [0.05, 0.1) is 11.1 Å². The zero-order valence-electron chi connectivity index (χ0n) is 5.41. The Labute approximate surface area is 77.2 Å². The average molecular weight is 258 g/mol. The summed E-state index contributed by atoms with van der Waals surface area (Å²) < 4.78 is 0.703. The number of hydrogen-bond acceptors (Lipinski definition) is 3. The molecule has 0 fully saturated rings. The minimum absolute atomic E-state index is 0.347. The Morgan fingerprint density at radius 3 is 2.82 bits per heavy atom. The molecule has 0 aliphatic rings. The van der Waals surface area contributed by atoms with Crippen LogP contribution in [0.5, 0.6) is 0 Å². The molecular formula is C7H3IN2O. The van der Waals surface area contributed by atoms with Gasteiger partial charge in [0, 0.05) is 16.0 Å². The molecule has 0 saturated heterocycles. The topological polar surface area (TPSA) is 53.8 Å². The molecule has 0 aliphatic carbocycles. The highest BCUT2D eigenvalue weighted by molar-refractivity contribution is 14.1. The van der Waals surface area contributed by atoms with Crippen molar-refractivity contribution < 1.29 is 4.79 Å². The van der Waals surface area contributed by atoms with Gasteiger partial charge in [0.15, 0.2) is 6.29 Å². The van der Waals surface area contributed by atoms with Crippen LogP contribution < -0.4 is 0 Å². The van der Waals surface area contributed by atoms with Gasteiger partial charge in [-0.3, -0.25) is 9.78 Å². The summed E-state index contributed by atoms with van der Waals surface area (Å²) in [5.74, 6) is 0. The van der Waals surface area contributed by atoms with Crippen molar-refractivity contribution in [3.63, 3.8) is 0 Å². The van der Waals surface area contributed by atoms with E-state index in [1.807, 2.05) is 28.7 Å². The van der Waals surface area contributed by atoms with Gasteiger partial charge in [0.25, 0.3) is 0 Å². The fourth-order valence-corrected chi connectivity index (χ4v) is 1.25. The molecule has 0 spiro atoms. The second-order valence-electron chi connectivity index (χ2n) is 1.82. The first-order valence-corrected chi connectivity index (χ1v) is 3.86. The van der Waals surface area contributed by atoms with Gasteiger partial charge >= 0.3 is 0 Å². The molecule has 1 aromatic heterocycles. The van der Waals surface area contributed by atoms with Crippen LogP contribution in [0.25, 0.3) is 0 Å². The van der Waals surface area contributed by atoms with Gasteiger partial charge in [-0.05, 0) is 22.6 Å². The minimum Gasteiger partial charge on any atom is -0.298 e. The number of rotatable bonds is 1. The maximum atomic E-state index is 10.3. The second kappa shape index (κ2) is 3.44. The van der Waals surface area contributed by atoms with Crippen LogP contribution in [0.4, 0.5) is 0 Å². The molecule has 1 heterocycles. The number of carbonyl (C=O) groups excluding carboxylic acids is 1. The number of pyridine rings is 1. The summed E-state index contributed by atoms with van der Waals surface area (Å²) >= 11 is 1.97. The number of nitrogens with zero attached hydrogens (tertiary/aromatic N) is 2. The van der Waals surface area contributed by atoms with Crippen LogP contribution in [0.2, 0.25) is 0 Å². The third kappa shape index (κ3) is 1.54. The van der Waals surface area contributed by atoms with Gasteiger partial charge in [0.1, 0.15) is 6.07 Å². The third-order valence-electron chi connectivity index (χ3n) is 1.17. The molecule has 4 heteroatoms. The smallest absolute Gasteiger partial charge is 0.152 e. The van der Waals surface area contributed by atoms with Gasteiger partial charge in [-0.25, -0.2) is 0 Å². The standard InChI is InChI=1S/C7H3IN2O/c8-7-3-10-2-5(4-11)6(7)1-9/h2-4H. The van der Waals surface area contributed by atoms with E-state index < -0.39 is 0 Å². The van der Waals surface area contributed by atoms with Gasteiger partial charge in [-0.2, -0.15) is 5.26 Å². The van der Waals surface area contributed by atoms with Gasteiger partial charge in [0.2, 0.25) is 0 Å². The Kier molecular flexibility index (Phi) is 2.54. The maximum absolute atomic E-state index is 10.3. The summed E-state index contributed by atoms with van der Waals surface area (Å²) in [6.07, 6.45) is 3.56. The molecule has 1 aromatic rings. The molecule has 54 valence electrons. The highest BCUT2D eigenvalue weighted by atomic mass is 127. The molecular weight excluding hydrogens is 255 g/mol.